The molecule has 1 atom stereocenters. The second kappa shape index (κ2) is 8.09. The Morgan fingerprint density at radius 3 is 2.45 bits per heavy atom. The lowest BCUT2D eigenvalue weighted by Crippen LogP contribution is -2.29. The molecule has 5 rings (SSSR count). The Morgan fingerprint density at radius 2 is 1.79 bits per heavy atom. The van der Waals surface area contributed by atoms with E-state index in [2.05, 4.69) is 6.92 Å². The first-order chi connectivity index (χ1) is 15.9. The van der Waals surface area contributed by atoms with Gasteiger partial charge in [-0.1, -0.05) is 54.4 Å². The van der Waals surface area contributed by atoms with Gasteiger partial charge in [-0.15, -0.1) is 0 Å². The molecule has 3 aromatic carbocycles. The van der Waals surface area contributed by atoms with Gasteiger partial charge < -0.3 is 9.15 Å². The zero-order chi connectivity index (χ0) is 23.3. The van der Waals surface area contributed by atoms with Gasteiger partial charge in [-0.3, -0.25) is 14.5 Å². The number of halogens is 1. The minimum Gasteiger partial charge on any atom is -0.495 e. The molecule has 0 fully saturated rings. The van der Waals surface area contributed by atoms with E-state index in [1.807, 2.05) is 37.3 Å². The van der Waals surface area contributed by atoms with Gasteiger partial charge in [0.2, 0.25) is 5.76 Å². The Labute approximate surface area is 196 Å². The van der Waals surface area contributed by atoms with Crippen LogP contribution in [0.3, 0.4) is 0 Å². The molecule has 0 aliphatic carbocycles. The smallest absolute Gasteiger partial charge is 0.295 e. The zero-order valence-electron chi connectivity index (χ0n) is 18.5. The minimum absolute atomic E-state index is 0.0628. The summed E-state index contributed by atoms with van der Waals surface area (Å²) in [6.45, 7) is 4.00. The van der Waals surface area contributed by atoms with Crippen molar-refractivity contribution in [3.8, 4) is 5.75 Å². The van der Waals surface area contributed by atoms with E-state index in [1.54, 1.807) is 35.2 Å². The molecule has 1 amide bonds. The lowest BCUT2D eigenvalue weighted by molar-refractivity contribution is 0.0971. The summed E-state index contributed by atoms with van der Waals surface area (Å²) in [6, 6.07) is 17.9. The number of ether oxygens (including phenoxy) is 1. The highest BCUT2D eigenvalue weighted by Crippen LogP contribution is 2.42. The summed E-state index contributed by atoms with van der Waals surface area (Å²) >= 11 is 6.39. The first kappa shape index (κ1) is 21.3. The van der Waals surface area contributed by atoms with Crippen LogP contribution in [0.15, 0.2) is 69.9 Å². The molecule has 6 heteroatoms. The predicted molar refractivity (Wildman–Crippen MR) is 130 cm³/mol. The first-order valence-corrected chi connectivity index (χ1v) is 11.1. The molecule has 4 aromatic rings. The van der Waals surface area contributed by atoms with Crippen molar-refractivity contribution in [2.75, 3.05) is 12.0 Å². The Kier molecular flexibility index (Phi) is 5.22. The molecular formula is C27H22ClNO4. The monoisotopic (exact) mass is 459 g/mol. The molecular weight excluding hydrogens is 438 g/mol. The van der Waals surface area contributed by atoms with Gasteiger partial charge in [-0.05, 0) is 54.8 Å². The molecule has 0 radical (unpaired) electrons. The molecule has 5 nitrogen and oxygen atoms in total. The van der Waals surface area contributed by atoms with Crippen molar-refractivity contribution in [2.45, 2.75) is 26.3 Å². The molecule has 0 saturated heterocycles. The highest BCUT2D eigenvalue weighted by molar-refractivity contribution is 6.32. The summed E-state index contributed by atoms with van der Waals surface area (Å²) in [5.74, 6) is 0.187. The van der Waals surface area contributed by atoms with Crippen molar-refractivity contribution in [2.24, 2.45) is 0 Å². The lowest BCUT2D eigenvalue weighted by Gasteiger charge is -2.26. The fourth-order valence-electron chi connectivity index (χ4n) is 4.41. The Bertz CT molecular complexity index is 1460. The Hall–Kier alpha value is -3.57. The van der Waals surface area contributed by atoms with E-state index >= 15 is 0 Å². The molecule has 1 aliphatic heterocycles. The number of carbonyl (C=O) groups is 1. The molecule has 1 aliphatic rings. The largest absolute Gasteiger partial charge is 0.495 e. The maximum Gasteiger partial charge on any atom is 0.295 e. The van der Waals surface area contributed by atoms with E-state index in [0.717, 1.165) is 17.5 Å². The number of amides is 1. The number of methoxy groups -OCH3 is 1. The molecule has 166 valence electrons. The number of benzene rings is 3. The van der Waals surface area contributed by atoms with Crippen LogP contribution in [0.25, 0.3) is 11.0 Å². The Morgan fingerprint density at radius 1 is 1.03 bits per heavy atom. The van der Waals surface area contributed by atoms with Gasteiger partial charge in [-0.2, -0.15) is 0 Å². The van der Waals surface area contributed by atoms with E-state index in [-0.39, 0.29) is 17.1 Å². The number of fused-ring (bicyclic) bond motifs is 2. The van der Waals surface area contributed by atoms with Gasteiger partial charge >= 0.3 is 0 Å². The third-order valence-electron chi connectivity index (χ3n) is 6.14. The van der Waals surface area contributed by atoms with E-state index in [0.29, 0.717) is 33.0 Å². The van der Waals surface area contributed by atoms with Gasteiger partial charge in [0, 0.05) is 5.69 Å². The number of nitrogens with zero attached hydrogens (tertiary/aromatic N) is 1. The second-order valence-corrected chi connectivity index (χ2v) is 8.57. The van der Waals surface area contributed by atoms with Crippen LogP contribution in [0.5, 0.6) is 5.75 Å². The van der Waals surface area contributed by atoms with Crippen molar-refractivity contribution in [1.82, 2.24) is 0 Å². The zero-order valence-corrected chi connectivity index (χ0v) is 19.3. The predicted octanol–water partition coefficient (Wildman–Crippen LogP) is 6.08. The molecule has 33 heavy (non-hydrogen) atoms. The maximum absolute atomic E-state index is 13.7. The van der Waals surface area contributed by atoms with E-state index in [9.17, 15) is 9.59 Å². The van der Waals surface area contributed by atoms with Crippen molar-refractivity contribution in [3.05, 3.63) is 104 Å². The van der Waals surface area contributed by atoms with Crippen LogP contribution in [0.4, 0.5) is 5.69 Å². The van der Waals surface area contributed by atoms with Crippen molar-refractivity contribution >= 4 is 34.2 Å². The van der Waals surface area contributed by atoms with E-state index in [1.165, 1.54) is 12.7 Å². The summed E-state index contributed by atoms with van der Waals surface area (Å²) in [6.07, 6.45) is 0.893. The van der Waals surface area contributed by atoms with Crippen LogP contribution in [0.1, 0.15) is 45.8 Å². The fraction of sp³-hybridized carbons (Fsp3) is 0.185. The van der Waals surface area contributed by atoms with Crippen LogP contribution in [0, 0.1) is 6.92 Å². The standard InChI is InChI=1S/C27H22ClNO4/c1-4-16-6-8-17(9-7-16)24-23-25(30)19-13-15(2)5-11-21(19)33-26(23)27(31)29(24)18-10-12-22(32-3)20(28)14-18/h5-14,24H,4H2,1-3H3. The quantitative estimate of drug-likeness (QED) is 0.371. The molecule has 2 heterocycles. The molecule has 0 saturated carbocycles. The first-order valence-electron chi connectivity index (χ1n) is 10.8. The average molecular weight is 460 g/mol. The second-order valence-electron chi connectivity index (χ2n) is 8.17. The van der Waals surface area contributed by atoms with Gasteiger partial charge in [0.25, 0.3) is 5.91 Å². The highest BCUT2D eigenvalue weighted by atomic mass is 35.5. The number of carbonyl (C=O) groups excluding carboxylic acids is 1. The van der Waals surface area contributed by atoms with Crippen LogP contribution >= 0.6 is 11.6 Å². The van der Waals surface area contributed by atoms with Crippen LogP contribution in [0.2, 0.25) is 5.02 Å². The van der Waals surface area contributed by atoms with Crippen molar-refractivity contribution in [1.29, 1.82) is 0 Å². The van der Waals surface area contributed by atoms with Crippen molar-refractivity contribution < 1.29 is 13.9 Å². The summed E-state index contributed by atoms with van der Waals surface area (Å²) in [5.41, 5.74) is 4.04. The summed E-state index contributed by atoms with van der Waals surface area (Å²) in [7, 11) is 1.53. The molecule has 0 spiro atoms. The number of anilines is 1. The highest BCUT2D eigenvalue weighted by Gasteiger charge is 2.43. The number of aryl methyl sites for hydroxylation is 2. The third-order valence-corrected chi connectivity index (χ3v) is 6.44. The normalized spacial score (nSPS) is 15.2. The van der Waals surface area contributed by atoms with E-state index in [4.69, 9.17) is 20.8 Å². The summed E-state index contributed by atoms with van der Waals surface area (Å²) in [5, 5.41) is 0.838. The minimum atomic E-state index is -0.635. The molecule has 0 bridgehead atoms. The van der Waals surface area contributed by atoms with Crippen LogP contribution in [-0.2, 0) is 6.42 Å². The van der Waals surface area contributed by atoms with Gasteiger partial charge in [0.1, 0.15) is 11.3 Å². The lowest BCUT2D eigenvalue weighted by atomic mass is 9.96. The molecule has 1 unspecified atom stereocenters. The fourth-order valence-corrected chi connectivity index (χ4v) is 4.66. The SMILES string of the molecule is CCc1ccc(C2c3c(oc4ccc(C)cc4c3=O)C(=O)N2c2ccc(OC)c(Cl)c2)cc1. The summed E-state index contributed by atoms with van der Waals surface area (Å²) < 4.78 is 11.3. The number of hydrogen-bond donors (Lipinski definition) is 0. The van der Waals surface area contributed by atoms with E-state index < -0.39 is 6.04 Å². The molecule has 1 aromatic heterocycles. The Balaban J connectivity index is 1.78. The topological polar surface area (TPSA) is 59.8 Å². The van der Waals surface area contributed by atoms with Gasteiger partial charge in [-0.25, -0.2) is 0 Å². The van der Waals surface area contributed by atoms with Crippen LogP contribution < -0.4 is 15.1 Å². The van der Waals surface area contributed by atoms with Crippen LogP contribution in [-0.4, -0.2) is 13.0 Å². The summed E-state index contributed by atoms with van der Waals surface area (Å²) in [4.78, 5) is 28.9. The number of rotatable bonds is 4. The van der Waals surface area contributed by atoms with Gasteiger partial charge in [0.05, 0.1) is 29.1 Å². The third kappa shape index (κ3) is 3.40. The maximum atomic E-state index is 13.7. The van der Waals surface area contributed by atoms with Crippen molar-refractivity contribution in [3.63, 3.8) is 0 Å². The van der Waals surface area contributed by atoms with Gasteiger partial charge in [0.15, 0.2) is 5.43 Å². The number of hydrogen-bond acceptors (Lipinski definition) is 4. The average Bonchev–Trinajstić information content (AvgIpc) is 3.12. The molecule has 0 N–H and O–H groups in total.